The number of rotatable bonds is 4. The van der Waals surface area contributed by atoms with Crippen LogP contribution in [0.3, 0.4) is 0 Å². The van der Waals surface area contributed by atoms with E-state index in [1.807, 2.05) is 0 Å². The van der Waals surface area contributed by atoms with Crippen LogP contribution in [0.5, 0.6) is 0 Å². The van der Waals surface area contributed by atoms with Crippen molar-refractivity contribution in [2.24, 2.45) is 0 Å². The molecule has 0 radical (unpaired) electrons. The normalized spacial score (nSPS) is 27.2. The summed E-state index contributed by atoms with van der Waals surface area (Å²) in [5.74, 6) is 0.277. The van der Waals surface area contributed by atoms with E-state index in [4.69, 9.17) is 4.89 Å². The Balaban J connectivity index is 2.24. The molecule has 1 rings (SSSR count). The van der Waals surface area contributed by atoms with Crippen molar-refractivity contribution >= 4 is 9.84 Å². The van der Waals surface area contributed by atoms with Gasteiger partial charge in [0, 0.05) is 0 Å². The van der Waals surface area contributed by atoms with E-state index in [1.165, 1.54) is 0 Å². The monoisotopic (exact) mass is 192 g/mol. The van der Waals surface area contributed by atoms with Crippen molar-refractivity contribution in [1.82, 2.24) is 0 Å². The average molecular weight is 192 g/mol. The Bertz CT molecular complexity index is 244. The highest BCUT2D eigenvalue weighted by Gasteiger charge is 2.29. The smallest absolute Gasteiger partial charge is 0.153 e. The van der Waals surface area contributed by atoms with Crippen LogP contribution in [0.15, 0.2) is 12.7 Å². The minimum absolute atomic E-state index is 0.0736. The fraction of sp³-hybridized carbons (Fsp3) is 0.714. The van der Waals surface area contributed by atoms with Crippen LogP contribution in [-0.4, -0.2) is 32.6 Å². The summed E-state index contributed by atoms with van der Waals surface area (Å²) < 4.78 is 21.8. The van der Waals surface area contributed by atoms with Gasteiger partial charge >= 0.3 is 0 Å². The molecular formula is C7H12O4S. The molecule has 1 unspecified atom stereocenters. The minimum Gasteiger partial charge on any atom is -0.232 e. The summed E-state index contributed by atoms with van der Waals surface area (Å²) >= 11 is 0. The molecule has 0 N–H and O–H groups in total. The second-order valence-electron chi connectivity index (χ2n) is 2.69. The summed E-state index contributed by atoms with van der Waals surface area (Å²) in [6.07, 6.45) is 1.78. The van der Waals surface area contributed by atoms with Crippen molar-refractivity contribution in [3.05, 3.63) is 12.7 Å². The highest BCUT2D eigenvalue weighted by Crippen LogP contribution is 2.14. The lowest BCUT2D eigenvalue weighted by Crippen LogP contribution is -2.14. The maximum Gasteiger partial charge on any atom is 0.153 e. The first kappa shape index (κ1) is 9.70. The van der Waals surface area contributed by atoms with E-state index >= 15 is 0 Å². The van der Waals surface area contributed by atoms with Gasteiger partial charge in [-0.1, -0.05) is 6.08 Å². The predicted molar refractivity (Wildman–Crippen MR) is 44.3 cm³/mol. The summed E-state index contributed by atoms with van der Waals surface area (Å²) in [7, 11) is -2.86. The molecule has 1 fully saturated rings. The lowest BCUT2D eigenvalue weighted by atomic mass is 10.3. The molecule has 1 atom stereocenters. The maximum atomic E-state index is 10.9. The molecule has 0 amide bonds. The molecule has 70 valence electrons. The molecule has 0 spiro atoms. The Morgan fingerprint density at radius 2 is 2.33 bits per heavy atom. The van der Waals surface area contributed by atoms with Gasteiger partial charge in [-0.25, -0.2) is 18.2 Å². The molecule has 4 nitrogen and oxygen atoms in total. The van der Waals surface area contributed by atoms with Crippen molar-refractivity contribution in [3.8, 4) is 0 Å². The lowest BCUT2D eigenvalue weighted by molar-refractivity contribution is -0.311. The van der Waals surface area contributed by atoms with E-state index in [1.54, 1.807) is 6.08 Å². The zero-order valence-corrected chi connectivity index (χ0v) is 7.55. The van der Waals surface area contributed by atoms with Crippen molar-refractivity contribution in [3.63, 3.8) is 0 Å². The van der Waals surface area contributed by atoms with Gasteiger partial charge in [0.05, 0.1) is 11.5 Å². The molecule has 0 aromatic carbocycles. The van der Waals surface area contributed by atoms with Crippen LogP contribution in [0.1, 0.15) is 6.42 Å². The van der Waals surface area contributed by atoms with E-state index < -0.39 is 9.84 Å². The average Bonchev–Trinajstić information content (AvgIpc) is 2.31. The van der Waals surface area contributed by atoms with E-state index in [-0.39, 0.29) is 24.2 Å². The van der Waals surface area contributed by atoms with Crippen LogP contribution in [0.25, 0.3) is 0 Å². The molecule has 1 heterocycles. The van der Waals surface area contributed by atoms with Crippen LogP contribution in [-0.2, 0) is 19.6 Å². The predicted octanol–water partition coefficient (Wildman–Crippen LogP) is 0.308. The highest BCUT2D eigenvalue weighted by molar-refractivity contribution is 7.91. The third-order valence-electron chi connectivity index (χ3n) is 1.58. The van der Waals surface area contributed by atoms with Gasteiger partial charge in [0.25, 0.3) is 0 Å². The molecule has 1 aliphatic heterocycles. The summed E-state index contributed by atoms with van der Waals surface area (Å²) in [4.78, 5) is 9.51. The number of hydrogen-bond donors (Lipinski definition) is 0. The molecule has 1 aliphatic rings. The van der Waals surface area contributed by atoms with Crippen molar-refractivity contribution in [2.45, 2.75) is 12.5 Å². The summed E-state index contributed by atoms with van der Waals surface area (Å²) in [6.45, 7) is 3.72. The van der Waals surface area contributed by atoms with Crippen LogP contribution >= 0.6 is 0 Å². The maximum absolute atomic E-state index is 10.9. The summed E-state index contributed by atoms with van der Waals surface area (Å²) in [5.41, 5.74) is 0. The zero-order valence-electron chi connectivity index (χ0n) is 6.73. The van der Waals surface area contributed by atoms with E-state index in [0.717, 1.165) is 0 Å². The molecule has 12 heavy (non-hydrogen) atoms. The second-order valence-corrected chi connectivity index (χ2v) is 4.92. The van der Waals surface area contributed by atoms with E-state index in [9.17, 15) is 8.42 Å². The fourth-order valence-electron chi connectivity index (χ4n) is 1.02. The van der Waals surface area contributed by atoms with Gasteiger partial charge in [-0.2, -0.15) is 0 Å². The summed E-state index contributed by atoms with van der Waals surface area (Å²) in [5, 5.41) is 0. The first-order chi connectivity index (χ1) is 5.64. The Labute approximate surface area is 72.0 Å². The first-order valence-corrected chi connectivity index (χ1v) is 5.56. The molecule has 0 aliphatic carbocycles. The number of hydrogen-bond acceptors (Lipinski definition) is 4. The highest BCUT2D eigenvalue weighted by atomic mass is 32.2. The van der Waals surface area contributed by atoms with E-state index in [0.29, 0.717) is 6.42 Å². The second kappa shape index (κ2) is 4.02. The van der Waals surface area contributed by atoms with Crippen molar-refractivity contribution in [2.75, 3.05) is 18.1 Å². The Morgan fingerprint density at radius 3 is 2.83 bits per heavy atom. The topological polar surface area (TPSA) is 52.6 Å². The molecule has 0 saturated carbocycles. The lowest BCUT2D eigenvalue weighted by Gasteiger charge is -2.06. The van der Waals surface area contributed by atoms with Crippen molar-refractivity contribution in [1.29, 1.82) is 0 Å². The minimum atomic E-state index is -2.86. The molecule has 0 aromatic heterocycles. The molecular weight excluding hydrogens is 180 g/mol. The van der Waals surface area contributed by atoms with Gasteiger partial charge in [0.2, 0.25) is 0 Å². The quantitative estimate of drug-likeness (QED) is 0.278. The molecule has 1 saturated heterocycles. The van der Waals surface area contributed by atoms with Gasteiger partial charge in [-0.3, -0.25) is 0 Å². The van der Waals surface area contributed by atoms with Crippen LogP contribution in [0.4, 0.5) is 0 Å². The molecule has 5 heteroatoms. The van der Waals surface area contributed by atoms with Gasteiger partial charge in [0.15, 0.2) is 9.84 Å². The van der Waals surface area contributed by atoms with Crippen LogP contribution in [0, 0.1) is 0 Å². The fourth-order valence-corrected chi connectivity index (χ4v) is 2.60. The first-order valence-electron chi connectivity index (χ1n) is 3.73. The molecule has 0 aromatic rings. The Hall–Kier alpha value is -0.390. The SMILES string of the molecule is C=CCOOC1CCS(=O)(=O)C1. The van der Waals surface area contributed by atoms with Gasteiger partial charge < -0.3 is 0 Å². The largest absolute Gasteiger partial charge is 0.232 e. The number of sulfone groups is 1. The Kier molecular flexibility index (Phi) is 3.25. The van der Waals surface area contributed by atoms with E-state index in [2.05, 4.69) is 11.5 Å². The Morgan fingerprint density at radius 1 is 1.58 bits per heavy atom. The van der Waals surface area contributed by atoms with Crippen LogP contribution < -0.4 is 0 Å². The van der Waals surface area contributed by atoms with Gasteiger partial charge in [0.1, 0.15) is 12.7 Å². The molecule has 0 bridgehead atoms. The van der Waals surface area contributed by atoms with Gasteiger partial charge in [-0.05, 0) is 6.42 Å². The van der Waals surface area contributed by atoms with Crippen molar-refractivity contribution < 1.29 is 18.2 Å². The zero-order chi connectivity index (χ0) is 9.03. The standard InChI is InChI=1S/C7H12O4S/c1-2-4-10-11-7-3-5-12(8,9)6-7/h2,7H,1,3-6H2. The summed E-state index contributed by atoms with van der Waals surface area (Å²) in [6, 6.07) is 0. The third-order valence-corrected chi connectivity index (χ3v) is 3.32. The van der Waals surface area contributed by atoms with Crippen LogP contribution in [0.2, 0.25) is 0 Å². The van der Waals surface area contributed by atoms with Gasteiger partial charge in [-0.15, -0.1) is 6.58 Å². The third kappa shape index (κ3) is 2.92.